The minimum atomic E-state index is 0. The van der Waals surface area contributed by atoms with Gasteiger partial charge in [0.15, 0.2) is 0 Å². The minimum Gasteiger partial charge on any atom is -0.380 e. The number of methoxy groups -OCH3 is 1. The van der Waals surface area contributed by atoms with Crippen molar-refractivity contribution >= 4 is 12.4 Å². The molecular formula is C6H14ClNO2. The quantitative estimate of drug-likeness (QED) is 0.606. The van der Waals surface area contributed by atoms with E-state index in [4.69, 9.17) is 15.2 Å². The Morgan fingerprint density at radius 2 is 2.30 bits per heavy atom. The highest BCUT2D eigenvalue weighted by Crippen LogP contribution is 2.07. The number of hydrogen-bond acceptors (Lipinski definition) is 3. The summed E-state index contributed by atoms with van der Waals surface area (Å²) < 4.78 is 10.2. The molecule has 0 bridgehead atoms. The van der Waals surface area contributed by atoms with Gasteiger partial charge in [-0.15, -0.1) is 12.4 Å². The lowest BCUT2D eigenvalue weighted by Crippen LogP contribution is -2.44. The van der Waals surface area contributed by atoms with E-state index < -0.39 is 0 Å². The molecule has 1 rings (SSSR count). The van der Waals surface area contributed by atoms with Gasteiger partial charge < -0.3 is 15.2 Å². The van der Waals surface area contributed by atoms with Gasteiger partial charge in [-0.1, -0.05) is 0 Å². The average Bonchev–Trinajstić information content (AvgIpc) is 1.89. The Labute approximate surface area is 67.3 Å². The molecule has 0 aromatic carbocycles. The van der Waals surface area contributed by atoms with Crippen molar-refractivity contribution in [3.8, 4) is 0 Å². The van der Waals surface area contributed by atoms with Crippen molar-refractivity contribution in [3.05, 3.63) is 0 Å². The molecule has 10 heavy (non-hydrogen) atoms. The number of halogens is 1. The van der Waals surface area contributed by atoms with Crippen LogP contribution in [0.15, 0.2) is 0 Å². The highest BCUT2D eigenvalue weighted by Gasteiger charge is 2.21. The first-order valence-electron chi connectivity index (χ1n) is 3.20. The third-order valence-corrected chi connectivity index (χ3v) is 1.64. The third kappa shape index (κ3) is 2.42. The summed E-state index contributed by atoms with van der Waals surface area (Å²) in [6.45, 7) is 1.42. The first-order valence-corrected chi connectivity index (χ1v) is 3.20. The van der Waals surface area contributed by atoms with Gasteiger partial charge in [0, 0.05) is 13.7 Å². The second kappa shape index (κ2) is 4.91. The molecular weight excluding hydrogens is 154 g/mol. The molecule has 1 fully saturated rings. The van der Waals surface area contributed by atoms with Crippen molar-refractivity contribution in [3.63, 3.8) is 0 Å². The molecule has 1 heterocycles. The standard InChI is InChI=1S/C6H13NO2.ClH/c1-8-6-2-3-9-4-5(6)7;/h5-6H,2-4,7H2,1H3;1H/t5-,6-;/m1./s1. The van der Waals surface area contributed by atoms with Crippen LogP contribution >= 0.6 is 12.4 Å². The Bertz CT molecular complexity index is 91.8. The van der Waals surface area contributed by atoms with Crippen LogP contribution in [0.5, 0.6) is 0 Å². The van der Waals surface area contributed by atoms with E-state index in [1.54, 1.807) is 7.11 Å². The molecule has 0 aromatic heterocycles. The first-order chi connectivity index (χ1) is 4.34. The highest BCUT2D eigenvalue weighted by molar-refractivity contribution is 5.85. The lowest BCUT2D eigenvalue weighted by atomic mass is 10.1. The first kappa shape index (κ1) is 10.2. The molecule has 0 spiro atoms. The molecule has 3 nitrogen and oxygen atoms in total. The van der Waals surface area contributed by atoms with Gasteiger partial charge in [0.2, 0.25) is 0 Å². The van der Waals surface area contributed by atoms with Crippen LogP contribution in [0.25, 0.3) is 0 Å². The fourth-order valence-electron chi connectivity index (χ4n) is 1.03. The molecule has 4 heteroatoms. The van der Waals surface area contributed by atoms with Crippen LogP contribution in [-0.4, -0.2) is 32.5 Å². The van der Waals surface area contributed by atoms with E-state index in [-0.39, 0.29) is 24.6 Å². The predicted octanol–water partition coefficient (Wildman–Crippen LogP) is 0.171. The molecule has 2 N–H and O–H groups in total. The summed E-state index contributed by atoms with van der Waals surface area (Å²) in [5, 5.41) is 0. The number of hydrogen-bond donors (Lipinski definition) is 1. The van der Waals surface area contributed by atoms with Gasteiger partial charge in [-0.05, 0) is 6.42 Å². The van der Waals surface area contributed by atoms with E-state index in [1.807, 2.05) is 0 Å². The van der Waals surface area contributed by atoms with Gasteiger partial charge in [0.1, 0.15) is 0 Å². The monoisotopic (exact) mass is 167 g/mol. The second-order valence-electron chi connectivity index (χ2n) is 2.30. The maximum atomic E-state index is 5.64. The summed E-state index contributed by atoms with van der Waals surface area (Å²) in [5.74, 6) is 0. The van der Waals surface area contributed by atoms with Crippen LogP contribution in [0.2, 0.25) is 0 Å². The fourth-order valence-corrected chi connectivity index (χ4v) is 1.03. The molecule has 1 aliphatic rings. The van der Waals surface area contributed by atoms with E-state index in [2.05, 4.69) is 0 Å². The van der Waals surface area contributed by atoms with Crippen molar-refractivity contribution in [2.24, 2.45) is 5.73 Å². The molecule has 0 aliphatic carbocycles. The van der Waals surface area contributed by atoms with Crippen molar-refractivity contribution < 1.29 is 9.47 Å². The predicted molar refractivity (Wildman–Crippen MR) is 41.5 cm³/mol. The van der Waals surface area contributed by atoms with Gasteiger partial charge >= 0.3 is 0 Å². The largest absolute Gasteiger partial charge is 0.380 e. The number of nitrogens with two attached hydrogens (primary N) is 1. The van der Waals surface area contributed by atoms with Gasteiger partial charge in [-0.25, -0.2) is 0 Å². The average molecular weight is 168 g/mol. The van der Waals surface area contributed by atoms with Crippen molar-refractivity contribution in [1.29, 1.82) is 0 Å². The number of ether oxygens (including phenoxy) is 2. The smallest absolute Gasteiger partial charge is 0.0766 e. The topological polar surface area (TPSA) is 44.5 Å². The SMILES string of the molecule is CO[C@@H]1CCOC[C@H]1N.Cl. The molecule has 0 aromatic rings. The number of rotatable bonds is 1. The normalized spacial score (nSPS) is 33.0. The van der Waals surface area contributed by atoms with Crippen LogP contribution in [0.3, 0.4) is 0 Å². The summed E-state index contributed by atoms with van der Waals surface area (Å²) in [5.41, 5.74) is 5.64. The van der Waals surface area contributed by atoms with E-state index in [9.17, 15) is 0 Å². The molecule has 62 valence electrons. The summed E-state index contributed by atoms with van der Waals surface area (Å²) in [7, 11) is 1.69. The van der Waals surface area contributed by atoms with E-state index in [0.29, 0.717) is 6.61 Å². The van der Waals surface area contributed by atoms with Crippen LogP contribution in [0, 0.1) is 0 Å². The summed E-state index contributed by atoms with van der Waals surface area (Å²) in [6.07, 6.45) is 1.14. The van der Waals surface area contributed by atoms with Crippen LogP contribution in [-0.2, 0) is 9.47 Å². The Kier molecular flexibility index (Phi) is 4.99. The molecule has 0 unspecified atom stereocenters. The molecule has 1 aliphatic heterocycles. The fraction of sp³-hybridized carbons (Fsp3) is 1.00. The molecule has 1 saturated heterocycles. The summed E-state index contributed by atoms with van der Waals surface area (Å²) in [4.78, 5) is 0. The maximum absolute atomic E-state index is 5.64. The lowest BCUT2D eigenvalue weighted by molar-refractivity contribution is -0.0258. The lowest BCUT2D eigenvalue weighted by Gasteiger charge is -2.26. The van der Waals surface area contributed by atoms with Crippen molar-refractivity contribution in [2.75, 3.05) is 20.3 Å². The second-order valence-corrected chi connectivity index (χ2v) is 2.30. The molecule has 0 radical (unpaired) electrons. The van der Waals surface area contributed by atoms with E-state index in [1.165, 1.54) is 0 Å². The van der Waals surface area contributed by atoms with Crippen LogP contribution in [0.1, 0.15) is 6.42 Å². The Morgan fingerprint density at radius 3 is 2.70 bits per heavy atom. The van der Waals surface area contributed by atoms with E-state index in [0.717, 1.165) is 13.0 Å². The molecule has 2 atom stereocenters. The molecule has 0 saturated carbocycles. The van der Waals surface area contributed by atoms with E-state index >= 15 is 0 Å². The van der Waals surface area contributed by atoms with Crippen molar-refractivity contribution in [1.82, 2.24) is 0 Å². The summed E-state index contributed by atoms with van der Waals surface area (Å²) in [6, 6.07) is 0.0729. The zero-order valence-electron chi connectivity index (χ0n) is 6.08. The Balaban J connectivity index is 0.000000810. The third-order valence-electron chi connectivity index (χ3n) is 1.64. The highest BCUT2D eigenvalue weighted by atomic mass is 35.5. The summed E-state index contributed by atoms with van der Waals surface area (Å²) >= 11 is 0. The maximum Gasteiger partial charge on any atom is 0.0766 e. The zero-order valence-corrected chi connectivity index (χ0v) is 6.89. The van der Waals surface area contributed by atoms with Gasteiger partial charge in [0.05, 0.1) is 18.8 Å². The van der Waals surface area contributed by atoms with Gasteiger partial charge in [-0.3, -0.25) is 0 Å². The van der Waals surface area contributed by atoms with Crippen LogP contribution < -0.4 is 5.73 Å². The van der Waals surface area contributed by atoms with Crippen LogP contribution in [0.4, 0.5) is 0 Å². The van der Waals surface area contributed by atoms with Gasteiger partial charge in [-0.2, -0.15) is 0 Å². The zero-order chi connectivity index (χ0) is 6.69. The Hall–Kier alpha value is 0.170. The minimum absolute atomic E-state index is 0. The molecule has 0 amide bonds. The Morgan fingerprint density at radius 1 is 1.60 bits per heavy atom. The van der Waals surface area contributed by atoms with Crippen molar-refractivity contribution in [2.45, 2.75) is 18.6 Å². The van der Waals surface area contributed by atoms with Gasteiger partial charge in [0.25, 0.3) is 0 Å².